The van der Waals surface area contributed by atoms with Gasteiger partial charge in [-0.25, -0.2) is 4.79 Å². The summed E-state index contributed by atoms with van der Waals surface area (Å²) in [4.78, 5) is 34.9. The van der Waals surface area contributed by atoms with Crippen molar-refractivity contribution >= 4 is 17.6 Å². The average Bonchev–Trinajstić information content (AvgIpc) is 3.27. The zero-order valence-electron chi connectivity index (χ0n) is 27.3. The van der Waals surface area contributed by atoms with Crippen molar-refractivity contribution in [2.24, 2.45) is 35.0 Å². The lowest BCUT2D eigenvalue weighted by molar-refractivity contribution is -0.183. The number of nitrogens with one attached hydrogen (secondary N) is 3. The van der Waals surface area contributed by atoms with Crippen molar-refractivity contribution in [1.82, 2.24) is 20.6 Å². The lowest BCUT2D eigenvalue weighted by atomic mass is 9.45. The highest BCUT2D eigenvalue weighted by Crippen LogP contribution is 2.61. The van der Waals surface area contributed by atoms with Gasteiger partial charge >= 0.3 is 6.03 Å². The molecule has 4 fully saturated rings. The van der Waals surface area contributed by atoms with Crippen molar-refractivity contribution < 1.29 is 24.6 Å². The molecule has 3 amide bonds. The Morgan fingerprint density at radius 3 is 2.49 bits per heavy atom. The summed E-state index contributed by atoms with van der Waals surface area (Å²) in [6.45, 7) is 13.5. The van der Waals surface area contributed by atoms with Gasteiger partial charge in [-0.2, -0.15) is 5.06 Å². The maximum atomic E-state index is 13.9. The van der Waals surface area contributed by atoms with Crippen LogP contribution >= 0.6 is 0 Å². The van der Waals surface area contributed by atoms with E-state index in [-0.39, 0.29) is 37.2 Å². The normalized spacial score (nSPS) is 31.4. The third-order valence-corrected chi connectivity index (χ3v) is 10.3. The van der Waals surface area contributed by atoms with Crippen LogP contribution in [0.5, 0.6) is 0 Å². The second kappa shape index (κ2) is 13.8. The molecule has 1 unspecified atom stereocenters. The molecule has 10 heteroatoms. The third kappa shape index (κ3) is 7.71. The number of hydrogen-bond acceptors (Lipinski definition) is 7. The summed E-state index contributed by atoms with van der Waals surface area (Å²) in [5, 5.41) is 31.8. The number of hydroxylamine groups is 2. The largest absolute Gasteiger partial charge is 0.394 e. The molecule has 1 heterocycles. The van der Waals surface area contributed by atoms with Gasteiger partial charge in [0.1, 0.15) is 12.1 Å². The van der Waals surface area contributed by atoms with E-state index in [1.807, 2.05) is 38.4 Å². The molecular weight excluding hydrogens is 546 g/mol. The van der Waals surface area contributed by atoms with Crippen molar-refractivity contribution in [2.45, 2.75) is 97.7 Å². The highest BCUT2D eigenvalue weighted by atomic mass is 16.7. The Balaban J connectivity index is 1.45. The molecule has 0 radical (unpaired) electrons. The maximum absolute atomic E-state index is 13.9. The number of fused-ring (bicyclic) bond motifs is 2. The Labute approximate surface area is 257 Å². The van der Waals surface area contributed by atoms with Crippen LogP contribution in [0.15, 0.2) is 24.3 Å². The molecule has 2 bridgehead atoms. The van der Waals surface area contributed by atoms with Crippen LogP contribution in [-0.4, -0.2) is 89.7 Å². The van der Waals surface area contributed by atoms with Crippen LogP contribution in [0, 0.1) is 35.0 Å². The lowest BCUT2D eigenvalue weighted by Gasteiger charge is -2.62. The zero-order chi connectivity index (χ0) is 31.6. The molecule has 3 saturated carbocycles. The Bertz CT molecular complexity index is 1100. The molecule has 1 aromatic carbocycles. The van der Waals surface area contributed by atoms with Crippen molar-refractivity contribution in [1.29, 1.82) is 0 Å². The van der Waals surface area contributed by atoms with Crippen LogP contribution in [0.4, 0.5) is 10.5 Å². The van der Waals surface area contributed by atoms with Gasteiger partial charge in [-0.15, -0.1) is 0 Å². The van der Waals surface area contributed by atoms with E-state index in [0.717, 1.165) is 24.9 Å². The minimum Gasteiger partial charge on any atom is -0.394 e. The number of hydrogen-bond donors (Lipinski definition) is 5. The molecule has 1 aliphatic heterocycles. The molecule has 5 N–H and O–H groups in total. The fourth-order valence-corrected chi connectivity index (χ4v) is 7.95. The summed E-state index contributed by atoms with van der Waals surface area (Å²) >= 11 is 0. The molecule has 43 heavy (non-hydrogen) atoms. The van der Waals surface area contributed by atoms with Gasteiger partial charge in [0.25, 0.3) is 0 Å². The number of aliphatic hydroxyl groups is 2. The van der Waals surface area contributed by atoms with Gasteiger partial charge in [-0.05, 0) is 87.1 Å². The first-order chi connectivity index (χ1) is 20.2. The van der Waals surface area contributed by atoms with Crippen LogP contribution < -0.4 is 16.0 Å². The third-order valence-electron chi connectivity index (χ3n) is 10.3. The molecule has 1 saturated heterocycles. The van der Waals surface area contributed by atoms with Crippen LogP contribution in [0.2, 0.25) is 0 Å². The molecule has 0 aromatic heterocycles. The van der Waals surface area contributed by atoms with E-state index in [0.29, 0.717) is 34.8 Å². The summed E-state index contributed by atoms with van der Waals surface area (Å²) < 4.78 is 0. The van der Waals surface area contributed by atoms with Gasteiger partial charge in [0, 0.05) is 30.2 Å². The Kier molecular flexibility index (Phi) is 10.8. The van der Waals surface area contributed by atoms with Gasteiger partial charge in [0.15, 0.2) is 0 Å². The zero-order valence-corrected chi connectivity index (χ0v) is 27.3. The van der Waals surface area contributed by atoms with E-state index >= 15 is 0 Å². The SMILES string of the molecule is CC(C)C[C@H](CN(C)C)NC(=O)Nc1cccc(CN2O[C@@H](CO)[C@@H]([C@H](C)O)[C@H]2C(=O)NC2C[C@H]3C[C@@H]([C@@H]2C)C3(C)C)c1. The number of benzene rings is 1. The van der Waals surface area contributed by atoms with Crippen molar-refractivity contribution in [3.63, 3.8) is 0 Å². The van der Waals surface area contributed by atoms with E-state index < -0.39 is 24.2 Å². The molecule has 1 aromatic rings. The first-order valence-electron chi connectivity index (χ1n) is 16.0. The molecule has 5 rings (SSSR count). The minimum absolute atomic E-state index is 0.0205. The first kappa shape index (κ1) is 33.6. The number of carbonyl (C=O) groups excluding carboxylic acids is 2. The number of aliphatic hydroxyl groups excluding tert-OH is 2. The molecule has 4 aliphatic rings. The number of nitrogens with zero attached hydrogens (tertiary/aromatic N) is 2. The van der Waals surface area contributed by atoms with E-state index in [9.17, 15) is 19.8 Å². The van der Waals surface area contributed by atoms with Crippen LogP contribution in [0.25, 0.3) is 0 Å². The van der Waals surface area contributed by atoms with E-state index in [1.165, 1.54) is 6.42 Å². The second-order valence-electron chi connectivity index (χ2n) is 14.6. The van der Waals surface area contributed by atoms with Crippen LogP contribution in [0.3, 0.4) is 0 Å². The molecule has 0 spiro atoms. The fraction of sp³-hybridized carbons (Fsp3) is 0.758. The van der Waals surface area contributed by atoms with Crippen molar-refractivity contribution in [3.8, 4) is 0 Å². The van der Waals surface area contributed by atoms with Crippen molar-refractivity contribution in [2.75, 3.05) is 32.6 Å². The number of carbonyl (C=O) groups is 2. The lowest BCUT2D eigenvalue weighted by Crippen LogP contribution is -2.62. The standard InChI is InChI=1S/C33H55N5O5/c1-19(2)12-25(17-37(7)8)35-32(42)34-24-11-9-10-22(13-24)16-38-30(29(21(4)40)28(18-39)43-38)31(41)36-27-15-23-14-26(20(27)3)33(23,5)6/h9-11,13,19-21,23,25-30,39-40H,12,14-18H2,1-8H3,(H,36,41)(H2,34,35,42)/t20-,21-,23+,25+,26-,27?,28-,29+,30-/m0/s1. The topological polar surface area (TPSA) is 126 Å². The van der Waals surface area contributed by atoms with Crippen LogP contribution in [-0.2, 0) is 16.2 Å². The highest BCUT2D eigenvalue weighted by Gasteiger charge is 2.57. The molecule has 242 valence electrons. The molecule has 3 aliphatic carbocycles. The predicted molar refractivity (Wildman–Crippen MR) is 168 cm³/mol. The molecule has 10 nitrogen and oxygen atoms in total. The summed E-state index contributed by atoms with van der Waals surface area (Å²) in [5.74, 6) is 1.24. The van der Waals surface area contributed by atoms with E-state index in [1.54, 1.807) is 12.0 Å². The summed E-state index contributed by atoms with van der Waals surface area (Å²) in [6.07, 6.45) is 1.49. The van der Waals surface area contributed by atoms with Gasteiger partial charge in [0.05, 0.1) is 19.3 Å². The van der Waals surface area contributed by atoms with Crippen LogP contribution in [0.1, 0.15) is 66.4 Å². The van der Waals surface area contributed by atoms with E-state index in [2.05, 4.69) is 55.5 Å². The second-order valence-corrected chi connectivity index (χ2v) is 14.6. The number of amides is 3. The van der Waals surface area contributed by atoms with Gasteiger partial charge in [-0.1, -0.05) is 46.8 Å². The number of anilines is 1. The predicted octanol–water partition coefficient (Wildman–Crippen LogP) is 3.45. The first-order valence-corrected chi connectivity index (χ1v) is 16.0. The van der Waals surface area contributed by atoms with Crippen molar-refractivity contribution in [3.05, 3.63) is 29.8 Å². The average molecular weight is 602 g/mol. The van der Waals surface area contributed by atoms with E-state index in [4.69, 9.17) is 4.84 Å². The number of likely N-dealkylation sites (N-methyl/N-ethyl adjacent to an activating group) is 1. The minimum atomic E-state index is -0.855. The summed E-state index contributed by atoms with van der Waals surface area (Å²) in [6, 6.07) is 6.53. The molecular formula is C33H55N5O5. The maximum Gasteiger partial charge on any atom is 0.319 e. The quantitative estimate of drug-likeness (QED) is 0.249. The smallest absolute Gasteiger partial charge is 0.319 e. The van der Waals surface area contributed by atoms with Gasteiger partial charge in [0.2, 0.25) is 5.91 Å². The Hall–Kier alpha value is -2.24. The van der Waals surface area contributed by atoms with Gasteiger partial charge < -0.3 is 31.1 Å². The highest BCUT2D eigenvalue weighted by molar-refractivity contribution is 5.89. The summed E-state index contributed by atoms with van der Waals surface area (Å²) in [7, 11) is 3.99. The number of urea groups is 1. The fourth-order valence-electron chi connectivity index (χ4n) is 7.95. The summed E-state index contributed by atoms with van der Waals surface area (Å²) in [5.41, 5.74) is 1.77. The molecule has 9 atom stereocenters. The Morgan fingerprint density at radius 1 is 1.19 bits per heavy atom. The van der Waals surface area contributed by atoms with Gasteiger partial charge in [-0.3, -0.25) is 9.63 Å². The Morgan fingerprint density at radius 2 is 1.91 bits per heavy atom. The monoisotopic (exact) mass is 601 g/mol. The number of rotatable bonds is 12.